The van der Waals surface area contributed by atoms with Crippen LogP contribution < -0.4 is 5.32 Å². The second-order valence-electron chi connectivity index (χ2n) is 7.25. The Morgan fingerprint density at radius 2 is 1.74 bits per heavy atom. The van der Waals surface area contributed by atoms with E-state index in [1.807, 2.05) is 31.3 Å². The molecule has 0 fully saturated rings. The molecule has 2 aromatic carbocycles. The third kappa shape index (κ3) is 5.03. The molecule has 1 N–H and O–H groups in total. The van der Waals surface area contributed by atoms with Crippen LogP contribution >= 0.6 is 0 Å². The largest absolute Gasteiger partial charge is 0.306 e. The van der Waals surface area contributed by atoms with Crippen molar-refractivity contribution >= 4 is 0 Å². The summed E-state index contributed by atoms with van der Waals surface area (Å²) in [5.41, 5.74) is 5.67. The van der Waals surface area contributed by atoms with Crippen LogP contribution in [0.15, 0.2) is 73.4 Å². The van der Waals surface area contributed by atoms with E-state index in [2.05, 4.69) is 51.3 Å². The highest BCUT2D eigenvalue weighted by Crippen LogP contribution is 2.21. The van der Waals surface area contributed by atoms with Crippen molar-refractivity contribution in [2.24, 2.45) is 0 Å². The minimum Gasteiger partial charge on any atom is -0.306 e. The summed E-state index contributed by atoms with van der Waals surface area (Å²) >= 11 is 0. The predicted octanol–water partition coefficient (Wildman–Crippen LogP) is 4.36. The van der Waals surface area contributed by atoms with Crippen LogP contribution in [-0.2, 0) is 6.54 Å². The maximum Gasteiger partial charge on any atom is 0.125 e. The summed E-state index contributed by atoms with van der Waals surface area (Å²) in [6.07, 6.45) is 6.71. The normalized spacial score (nSPS) is 11.6. The van der Waals surface area contributed by atoms with E-state index >= 15 is 0 Å². The molecule has 1 unspecified atom stereocenters. The van der Waals surface area contributed by atoms with Crippen LogP contribution in [0.5, 0.6) is 0 Å². The van der Waals surface area contributed by atoms with Crippen molar-refractivity contribution in [2.45, 2.75) is 26.4 Å². The van der Waals surface area contributed by atoms with E-state index in [0.717, 1.165) is 33.6 Å². The van der Waals surface area contributed by atoms with E-state index < -0.39 is 0 Å². The molecule has 0 bridgehead atoms. The van der Waals surface area contributed by atoms with Gasteiger partial charge in [0.1, 0.15) is 12.1 Å². The van der Waals surface area contributed by atoms with Crippen molar-refractivity contribution in [3.63, 3.8) is 0 Å². The molecule has 0 aliphatic rings. The topological polar surface area (TPSA) is 55.6 Å². The first-order valence-corrected chi connectivity index (χ1v) is 10.00. The zero-order chi connectivity index (χ0) is 21.6. The van der Waals surface area contributed by atoms with Crippen LogP contribution in [0.3, 0.4) is 0 Å². The Morgan fingerprint density at radius 3 is 2.48 bits per heavy atom. The summed E-state index contributed by atoms with van der Waals surface area (Å²) in [4.78, 5) is 7.92. The summed E-state index contributed by atoms with van der Waals surface area (Å²) < 4.78 is 15.3. The molecule has 4 aromatic rings. The van der Waals surface area contributed by atoms with Gasteiger partial charge in [0.2, 0.25) is 0 Å². The van der Waals surface area contributed by atoms with Crippen LogP contribution in [0.4, 0.5) is 4.39 Å². The second-order valence-corrected chi connectivity index (χ2v) is 7.25. The van der Waals surface area contributed by atoms with E-state index in [-0.39, 0.29) is 11.9 Å². The Hall–Kier alpha value is -3.82. The number of hydrogen-bond donors (Lipinski definition) is 1. The summed E-state index contributed by atoms with van der Waals surface area (Å²) in [6.45, 7) is 4.81. The van der Waals surface area contributed by atoms with Crippen LogP contribution in [0, 0.1) is 24.6 Å². The average molecular weight is 411 g/mol. The van der Waals surface area contributed by atoms with Gasteiger partial charge in [0.25, 0.3) is 0 Å². The van der Waals surface area contributed by atoms with Gasteiger partial charge in [0.15, 0.2) is 0 Å². The SMILES string of the molecule is Cc1c(C(C)NCc2ccc(C#Cc3cncnc3)cc2)cnn1-c1cccc(F)c1. The lowest BCUT2D eigenvalue weighted by atomic mass is 10.1. The van der Waals surface area contributed by atoms with Crippen molar-refractivity contribution in [3.8, 4) is 17.5 Å². The number of hydrogen-bond acceptors (Lipinski definition) is 4. The molecule has 0 spiro atoms. The molecule has 154 valence electrons. The molecule has 2 aromatic heterocycles. The van der Waals surface area contributed by atoms with E-state index in [0.29, 0.717) is 6.54 Å². The number of nitrogens with one attached hydrogen (secondary N) is 1. The number of rotatable bonds is 5. The lowest BCUT2D eigenvalue weighted by Gasteiger charge is -2.14. The van der Waals surface area contributed by atoms with Crippen LogP contribution in [0.25, 0.3) is 5.69 Å². The molecule has 1 atom stereocenters. The van der Waals surface area contributed by atoms with Gasteiger partial charge >= 0.3 is 0 Å². The highest BCUT2D eigenvalue weighted by molar-refractivity contribution is 5.42. The fourth-order valence-electron chi connectivity index (χ4n) is 3.31. The monoisotopic (exact) mass is 411 g/mol. The van der Waals surface area contributed by atoms with Gasteiger partial charge in [-0.15, -0.1) is 0 Å². The van der Waals surface area contributed by atoms with Crippen LogP contribution in [-0.4, -0.2) is 19.7 Å². The van der Waals surface area contributed by atoms with Gasteiger partial charge in [-0.2, -0.15) is 5.10 Å². The van der Waals surface area contributed by atoms with Gasteiger partial charge in [0, 0.05) is 41.8 Å². The van der Waals surface area contributed by atoms with Crippen molar-refractivity contribution in [1.29, 1.82) is 0 Å². The van der Waals surface area contributed by atoms with Gasteiger partial charge < -0.3 is 5.32 Å². The summed E-state index contributed by atoms with van der Waals surface area (Å²) in [5, 5.41) is 7.98. The maximum atomic E-state index is 13.6. The van der Waals surface area contributed by atoms with Gasteiger partial charge in [-0.05, 0) is 49.7 Å². The summed E-state index contributed by atoms with van der Waals surface area (Å²) in [5.74, 6) is 5.90. The Balaban J connectivity index is 1.39. The fourth-order valence-corrected chi connectivity index (χ4v) is 3.31. The number of halogens is 1. The molecular weight excluding hydrogens is 389 g/mol. The summed E-state index contributed by atoms with van der Waals surface area (Å²) in [7, 11) is 0. The Morgan fingerprint density at radius 1 is 1.00 bits per heavy atom. The van der Waals surface area contributed by atoms with Crippen LogP contribution in [0.1, 0.15) is 40.9 Å². The minimum atomic E-state index is -0.273. The molecule has 0 radical (unpaired) electrons. The molecule has 4 rings (SSSR count). The summed E-state index contributed by atoms with van der Waals surface area (Å²) in [6, 6.07) is 14.7. The van der Waals surface area contributed by atoms with Gasteiger partial charge in [-0.3, -0.25) is 0 Å². The third-order valence-electron chi connectivity index (χ3n) is 5.05. The standard InChI is InChI=1S/C25H22FN5/c1-18(25-16-30-31(19(25)2)24-5-3-4-23(26)12-24)29-15-21-9-6-20(7-10-21)8-11-22-13-27-17-28-14-22/h3-7,9-10,12-14,16-18,29H,15H2,1-2H3. The molecule has 0 saturated heterocycles. The maximum absolute atomic E-state index is 13.6. The van der Waals surface area contributed by atoms with Crippen LogP contribution in [0.2, 0.25) is 0 Å². The van der Waals surface area contributed by atoms with Crippen molar-refractivity contribution in [1.82, 2.24) is 25.1 Å². The van der Waals surface area contributed by atoms with Crippen molar-refractivity contribution in [2.75, 3.05) is 0 Å². The Bertz CT molecular complexity index is 1220. The predicted molar refractivity (Wildman–Crippen MR) is 118 cm³/mol. The average Bonchev–Trinajstić information content (AvgIpc) is 3.19. The number of aromatic nitrogens is 4. The molecule has 0 aliphatic heterocycles. The van der Waals surface area contributed by atoms with E-state index in [1.54, 1.807) is 23.1 Å². The first kappa shape index (κ1) is 20.5. The smallest absolute Gasteiger partial charge is 0.125 e. The third-order valence-corrected chi connectivity index (χ3v) is 5.05. The second kappa shape index (κ2) is 9.33. The zero-order valence-corrected chi connectivity index (χ0v) is 17.4. The lowest BCUT2D eigenvalue weighted by molar-refractivity contribution is 0.571. The first-order valence-electron chi connectivity index (χ1n) is 10.00. The molecule has 0 saturated carbocycles. The molecule has 0 amide bonds. The Labute approximate surface area is 181 Å². The molecule has 0 aliphatic carbocycles. The zero-order valence-electron chi connectivity index (χ0n) is 17.4. The van der Waals surface area contributed by atoms with Gasteiger partial charge in [0.05, 0.1) is 17.4 Å². The van der Waals surface area contributed by atoms with E-state index in [1.165, 1.54) is 18.5 Å². The molecule has 5 nitrogen and oxygen atoms in total. The minimum absolute atomic E-state index is 0.0971. The quantitative estimate of drug-likeness (QED) is 0.496. The van der Waals surface area contributed by atoms with E-state index in [4.69, 9.17) is 0 Å². The first-order chi connectivity index (χ1) is 15.1. The fraction of sp³-hybridized carbons (Fsp3) is 0.160. The molecule has 2 heterocycles. The Kier molecular flexibility index (Phi) is 6.16. The number of benzene rings is 2. The molecular formula is C25H22FN5. The van der Waals surface area contributed by atoms with Gasteiger partial charge in [-0.1, -0.05) is 30.0 Å². The lowest BCUT2D eigenvalue weighted by Crippen LogP contribution is -2.18. The van der Waals surface area contributed by atoms with Gasteiger partial charge in [-0.25, -0.2) is 19.0 Å². The molecule has 6 heteroatoms. The van der Waals surface area contributed by atoms with E-state index in [9.17, 15) is 4.39 Å². The van der Waals surface area contributed by atoms with Crippen molar-refractivity contribution in [3.05, 3.63) is 107 Å². The number of nitrogens with zero attached hydrogens (tertiary/aromatic N) is 4. The highest BCUT2D eigenvalue weighted by Gasteiger charge is 2.14. The van der Waals surface area contributed by atoms with Crippen molar-refractivity contribution < 1.29 is 4.39 Å². The molecule has 31 heavy (non-hydrogen) atoms. The highest BCUT2D eigenvalue weighted by atomic mass is 19.1.